The summed E-state index contributed by atoms with van der Waals surface area (Å²) in [5.74, 6) is 0.176. The molecule has 0 radical (unpaired) electrons. The lowest BCUT2D eigenvalue weighted by molar-refractivity contribution is -0.0337. The molecule has 0 atom stereocenters. The molecule has 0 bridgehead atoms. The molecular formula is C25H21FN6O. The Bertz CT molecular complexity index is 1580. The van der Waals surface area contributed by atoms with Crippen molar-refractivity contribution >= 4 is 22.2 Å². The Morgan fingerprint density at radius 1 is 1.15 bits per heavy atom. The number of hydrogen-bond acceptors (Lipinski definition) is 6. The predicted octanol–water partition coefficient (Wildman–Crippen LogP) is 4.36. The Morgan fingerprint density at radius 3 is 2.70 bits per heavy atom. The maximum absolute atomic E-state index is 16.0. The van der Waals surface area contributed by atoms with E-state index in [-0.39, 0.29) is 28.9 Å². The van der Waals surface area contributed by atoms with Gasteiger partial charge < -0.3 is 10.8 Å². The lowest BCUT2D eigenvalue weighted by atomic mass is 9.72. The lowest BCUT2D eigenvalue weighted by Gasteiger charge is -2.39. The summed E-state index contributed by atoms with van der Waals surface area (Å²) < 4.78 is 26.0. The molecule has 3 aromatic heterocycles. The molecule has 0 unspecified atom stereocenters. The van der Waals surface area contributed by atoms with Gasteiger partial charge in [-0.2, -0.15) is 5.10 Å². The molecule has 1 saturated carbocycles. The number of benzene rings is 2. The van der Waals surface area contributed by atoms with Crippen LogP contribution in [0.2, 0.25) is 0 Å². The van der Waals surface area contributed by atoms with Crippen molar-refractivity contribution in [3.05, 3.63) is 72.5 Å². The molecule has 1 aliphatic rings. The minimum absolute atomic E-state index is 0.0308. The Morgan fingerprint density at radius 2 is 1.94 bits per heavy atom. The van der Waals surface area contributed by atoms with E-state index in [0.29, 0.717) is 41.0 Å². The smallest absolute Gasteiger partial charge is 0.158 e. The second-order valence-electron chi connectivity index (χ2n) is 8.80. The van der Waals surface area contributed by atoms with E-state index in [1.807, 2.05) is 30.3 Å². The van der Waals surface area contributed by atoms with Crippen molar-refractivity contribution < 1.29 is 10.9 Å². The highest BCUT2D eigenvalue weighted by molar-refractivity contribution is 5.91. The molecule has 3 N–H and O–H groups in total. The Balaban J connectivity index is 1.57. The summed E-state index contributed by atoms with van der Waals surface area (Å²) in [6.45, 7) is 1.78. The number of nitrogens with two attached hydrogens (primary N) is 1. The average molecular weight is 441 g/mol. The monoisotopic (exact) mass is 441 g/mol. The van der Waals surface area contributed by atoms with Crippen molar-refractivity contribution in [1.29, 1.82) is 0 Å². The van der Waals surface area contributed by atoms with Crippen molar-refractivity contribution in [3.8, 4) is 22.5 Å². The van der Waals surface area contributed by atoms with Crippen molar-refractivity contribution in [2.75, 3.05) is 5.73 Å². The first kappa shape index (κ1) is 18.6. The first-order valence-corrected chi connectivity index (χ1v) is 10.7. The molecule has 164 valence electrons. The number of nitrogen functional groups attached to an aromatic ring is 1. The van der Waals surface area contributed by atoms with Gasteiger partial charge in [-0.25, -0.2) is 23.9 Å². The number of anilines is 1. The molecule has 33 heavy (non-hydrogen) atoms. The Labute approximate surface area is 190 Å². The molecule has 1 aliphatic carbocycles. The number of halogens is 1. The van der Waals surface area contributed by atoms with E-state index in [1.165, 1.54) is 6.33 Å². The van der Waals surface area contributed by atoms with Gasteiger partial charge in [-0.05, 0) is 31.9 Å². The average Bonchev–Trinajstić information content (AvgIpc) is 3.19. The number of pyridine rings is 1. The van der Waals surface area contributed by atoms with Gasteiger partial charge in [0.1, 0.15) is 28.9 Å². The molecule has 3 heterocycles. The molecule has 1 fully saturated rings. The largest absolute Gasteiger partial charge is 0.390 e. The number of imidazole rings is 1. The number of fused-ring (bicyclic) bond motifs is 2. The van der Waals surface area contributed by atoms with Crippen LogP contribution in [0.15, 0.2) is 60.9 Å². The van der Waals surface area contributed by atoms with Gasteiger partial charge in [0.25, 0.3) is 0 Å². The predicted molar refractivity (Wildman–Crippen MR) is 124 cm³/mol. The van der Waals surface area contributed by atoms with E-state index < -0.39 is 11.4 Å². The van der Waals surface area contributed by atoms with Crippen LogP contribution in [0.3, 0.4) is 0 Å². The zero-order valence-corrected chi connectivity index (χ0v) is 17.8. The van der Waals surface area contributed by atoms with Crippen LogP contribution in [0.5, 0.6) is 0 Å². The summed E-state index contributed by atoms with van der Waals surface area (Å²) in [4.78, 5) is 13.4. The lowest BCUT2D eigenvalue weighted by Crippen LogP contribution is -2.40. The molecular weight excluding hydrogens is 419 g/mol. The van der Waals surface area contributed by atoms with Gasteiger partial charge in [0.15, 0.2) is 11.6 Å². The fraction of sp³-hybridized carbons (Fsp3) is 0.200. The van der Waals surface area contributed by atoms with Gasteiger partial charge in [-0.1, -0.05) is 42.4 Å². The normalized spacial score (nSPS) is 20.7. The SMILES string of the molecule is [2H]c1cc(-c2ccccc2)nc2c(F)c(-c3nc(C4CC(C)(O)C4)n4ncnc(N)c34)ccc12. The van der Waals surface area contributed by atoms with Gasteiger partial charge in [0, 0.05) is 22.4 Å². The standard InChI is InChI=1S/C25H21FN6O/c1-25(33)11-16(12-25)24-31-21(22-23(27)28-13-29-32(22)24)17-9-7-15-8-10-18(30-20(15)19(17)26)14-5-3-2-4-6-14/h2-10,13,16,33H,11-12H2,1H3,(H2,27,28,29)/i8D. The third kappa shape index (κ3) is 3.14. The summed E-state index contributed by atoms with van der Waals surface area (Å²) in [7, 11) is 0. The van der Waals surface area contributed by atoms with Crippen molar-refractivity contribution in [2.45, 2.75) is 31.3 Å². The van der Waals surface area contributed by atoms with Gasteiger partial charge in [-0.15, -0.1) is 0 Å². The van der Waals surface area contributed by atoms with Gasteiger partial charge in [0.05, 0.1) is 12.7 Å². The van der Waals surface area contributed by atoms with Crippen molar-refractivity contribution in [1.82, 2.24) is 24.6 Å². The summed E-state index contributed by atoms with van der Waals surface area (Å²) in [5, 5.41) is 14.9. The summed E-state index contributed by atoms with van der Waals surface area (Å²) in [5.41, 5.74) is 7.76. The molecule has 2 aromatic carbocycles. The minimum atomic E-state index is -0.758. The fourth-order valence-corrected chi connectivity index (χ4v) is 4.64. The van der Waals surface area contributed by atoms with E-state index in [1.54, 1.807) is 29.6 Å². The second kappa shape index (κ2) is 7.05. The van der Waals surface area contributed by atoms with E-state index in [9.17, 15) is 5.11 Å². The van der Waals surface area contributed by atoms with Crippen LogP contribution >= 0.6 is 0 Å². The van der Waals surface area contributed by atoms with Crippen LogP contribution in [0.1, 0.15) is 32.9 Å². The maximum Gasteiger partial charge on any atom is 0.158 e. The maximum atomic E-state index is 16.0. The quantitative estimate of drug-likeness (QED) is 0.431. The molecule has 0 saturated heterocycles. The van der Waals surface area contributed by atoms with Crippen LogP contribution in [-0.2, 0) is 0 Å². The van der Waals surface area contributed by atoms with Gasteiger partial charge >= 0.3 is 0 Å². The molecule has 0 amide bonds. The summed E-state index contributed by atoms with van der Waals surface area (Å²) in [6.07, 6.45) is 2.39. The molecule has 6 rings (SSSR count). The fourth-order valence-electron chi connectivity index (χ4n) is 4.64. The van der Waals surface area contributed by atoms with E-state index in [2.05, 4.69) is 15.1 Å². The van der Waals surface area contributed by atoms with E-state index in [4.69, 9.17) is 12.1 Å². The third-order valence-electron chi connectivity index (χ3n) is 6.26. The van der Waals surface area contributed by atoms with Crippen LogP contribution in [-0.4, -0.2) is 35.3 Å². The van der Waals surface area contributed by atoms with Gasteiger partial charge in [-0.3, -0.25) is 0 Å². The van der Waals surface area contributed by atoms with Crippen LogP contribution in [0.25, 0.3) is 38.9 Å². The molecule has 5 aromatic rings. The number of aromatic nitrogens is 5. The highest BCUT2D eigenvalue weighted by Crippen LogP contribution is 2.45. The molecule has 0 aliphatic heterocycles. The van der Waals surface area contributed by atoms with E-state index >= 15 is 4.39 Å². The number of rotatable bonds is 3. The highest BCUT2D eigenvalue weighted by Gasteiger charge is 2.42. The highest BCUT2D eigenvalue weighted by atomic mass is 19.1. The topological polar surface area (TPSA) is 102 Å². The van der Waals surface area contributed by atoms with Crippen molar-refractivity contribution in [3.63, 3.8) is 0 Å². The van der Waals surface area contributed by atoms with Crippen LogP contribution in [0, 0.1) is 5.82 Å². The van der Waals surface area contributed by atoms with Crippen molar-refractivity contribution in [2.24, 2.45) is 0 Å². The number of nitrogens with zero attached hydrogens (tertiary/aromatic N) is 5. The number of aliphatic hydroxyl groups is 1. The summed E-state index contributed by atoms with van der Waals surface area (Å²) in [6, 6.07) is 14.5. The van der Waals surface area contributed by atoms with Crippen LogP contribution in [0.4, 0.5) is 10.2 Å². The third-order valence-corrected chi connectivity index (χ3v) is 6.26. The number of hydrogen-bond donors (Lipinski definition) is 2. The second-order valence-corrected chi connectivity index (χ2v) is 8.80. The zero-order valence-electron chi connectivity index (χ0n) is 18.8. The molecule has 8 heteroatoms. The first-order valence-electron chi connectivity index (χ1n) is 11.2. The zero-order chi connectivity index (χ0) is 23.6. The Hall–Kier alpha value is -3.91. The minimum Gasteiger partial charge on any atom is -0.390 e. The first-order chi connectivity index (χ1) is 16.3. The molecule has 0 spiro atoms. The van der Waals surface area contributed by atoms with Crippen LogP contribution < -0.4 is 5.73 Å². The summed E-state index contributed by atoms with van der Waals surface area (Å²) >= 11 is 0. The van der Waals surface area contributed by atoms with E-state index in [0.717, 1.165) is 5.56 Å². The molecule has 7 nitrogen and oxygen atoms in total. The Kier molecular flexibility index (Phi) is 3.98. The van der Waals surface area contributed by atoms with Gasteiger partial charge in [0.2, 0.25) is 0 Å².